The predicted octanol–water partition coefficient (Wildman–Crippen LogP) is 4.67. The fraction of sp³-hybridized carbons (Fsp3) is 0.211. The normalized spacial score (nSPS) is 10.9. The van der Waals surface area contributed by atoms with Gasteiger partial charge in [0, 0.05) is 5.56 Å². The van der Waals surface area contributed by atoms with Gasteiger partial charge < -0.3 is 4.74 Å². The number of ether oxygens (including phenoxy) is 1. The van der Waals surface area contributed by atoms with Crippen LogP contribution in [0.1, 0.15) is 25.3 Å². The van der Waals surface area contributed by atoms with Gasteiger partial charge in [-0.2, -0.15) is 5.10 Å². The molecule has 0 N–H and O–H groups in total. The Labute approximate surface area is 131 Å². The summed E-state index contributed by atoms with van der Waals surface area (Å²) in [5.41, 5.74) is 4.59. The van der Waals surface area contributed by atoms with Crippen molar-refractivity contribution >= 4 is 0 Å². The second-order valence-electron chi connectivity index (χ2n) is 5.60. The zero-order valence-electron chi connectivity index (χ0n) is 13.2. The molecule has 0 saturated heterocycles. The minimum absolute atomic E-state index is 0.535. The molecule has 0 radical (unpaired) electrons. The maximum Gasteiger partial charge on any atom is 0.118 e. The van der Waals surface area contributed by atoms with E-state index in [0.717, 1.165) is 22.7 Å². The highest BCUT2D eigenvalue weighted by Crippen LogP contribution is 2.25. The average molecular weight is 292 g/mol. The molecule has 3 nitrogen and oxygen atoms in total. The summed E-state index contributed by atoms with van der Waals surface area (Å²) < 4.78 is 7.18. The molecule has 0 saturated carbocycles. The Kier molecular flexibility index (Phi) is 3.96. The van der Waals surface area contributed by atoms with Crippen molar-refractivity contribution in [3.63, 3.8) is 0 Å². The Morgan fingerprint density at radius 1 is 0.909 bits per heavy atom. The summed E-state index contributed by atoms with van der Waals surface area (Å²) in [6, 6.07) is 18.6. The zero-order chi connectivity index (χ0) is 15.5. The Bertz CT molecular complexity index is 740. The summed E-state index contributed by atoms with van der Waals surface area (Å²) in [4.78, 5) is 0. The maximum absolute atomic E-state index is 5.21. The molecule has 1 heterocycles. The van der Waals surface area contributed by atoms with Crippen LogP contribution < -0.4 is 4.74 Å². The number of aromatic nitrogens is 2. The van der Waals surface area contributed by atoms with Crippen molar-refractivity contribution in [3.8, 4) is 22.7 Å². The number of rotatable bonds is 4. The van der Waals surface area contributed by atoms with Crippen molar-refractivity contribution in [3.05, 3.63) is 66.4 Å². The summed E-state index contributed by atoms with van der Waals surface area (Å²) in [6.07, 6.45) is 1.83. The highest BCUT2D eigenvalue weighted by Gasteiger charge is 2.08. The third-order valence-corrected chi connectivity index (χ3v) is 3.83. The van der Waals surface area contributed by atoms with Crippen LogP contribution in [-0.4, -0.2) is 16.9 Å². The number of benzene rings is 2. The second kappa shape index (κ2) is 6.06. The van der Waals surface area contributed by atoms with Gasteiger partial charge in [0.1, 0.15) is 5.75 Å². The lowest BCUT2D eigenvalue weighted by molar-refractivity contribution is 0.415. The summed E-state index contributed by atoms with van der Waals surface area (Å²) in [5.74, 6) is 1.39. The topological polar surface area (TPSA) is 27.1 Å². The van der Waals surface area contributed by atoms with Crippen LogP contribution in [0.2, 0.25) is 0 Å². The lowest BCUT2D eigenvalue weighted by Crippen LogP contribution is -1.99. The van der Waals surface area contributed by atoms with E-state index in [1.165, 1.54) is 5.56 Å². The summed E-state index contributed by atoms with van der Waals surface area (Å²) in [6.45, 7) is 4.40. The first-order valence-corrected chi connectivity index (χ1v) is 7.48. The molecule has 0 aliphatic rings. The van der Waals surface area contributed by atoms with Crippen LogP contribution in [0.5, 0.6) is 5.75 Å². The van der Waals surface area contributed by atoms with E-state index >= 15 is 0 Å². The van der Waals surface area contributed by atoms with Crippen LogP contribution in [-0.2, 0) is 0 Å². The Morgan fingerprint density at radius 2 is 1.59 bits per heavy atom. The molecule has 0 aliphatic carbocycles. The average Bonchev–Trinajstić information content (AvgIpc) is 3.04. The SMILES string of the molecule is COc1ccc(-c2ccnn2-c2ccc(C(C)C)cc2)cc1. The van der Waals surface area contributed by atoms with E-state index in [1.807, 2.05) is 29.1 Å². The van der Waals surface area contributed by atoms with E-state index in [1.54, 1.807) is 7.11 Å². The smallest absolute Gasteiger partial charge is 0.118 e. The van der Waals surface area contributed by atoms with Crippen molar-refractivity contribution in [1.29, 1.82) is 0 Å². The standard InChI is InChI=1S/C19H20N2O/c1-14(2)15-4-8-17(9-5-15)21-19(12-13-20-21)16-6-10-18(22-3)11-7-16/h4-14H,1-3H3. The highest BCUT2D eigenvalue weighted by atomic mass is 16.5. The van der Waals surface area contributed by atoms with Crippen molar-refractivity contribution in [1.82, 2.24) is 9.78 Å². The summed E-state index contributed by atoms with van der Waals surface area (Å²) >= 11 is 0. The largest absolute Gasteiger partial charge is 0.497 e. The number of methoxy groups -OCH3 is 1. The zero-order valence-corrected chi connectivity index (χ0v) is 13.2. The molecule has 22 heavy (non-hydrogen) atoms. The first-order chi connectivity index (χ1) is 10.7. The molecule has 0 atom stereocenters. The third-order valence-electron chi connectivity index (χ3n) is 3.83. The quantitative estimate of drug-likeness (QED) is 0.698. The summed E-state index contributed by atoms with van der Waals surface area (Å²) in [7, 11) is 1.68. The van der Waals surface area contributed by atoms with E-state index in [9.17, 15) is 0 Å². The van der Waals surface area contributed by atoms with E-state index in [0.29, 0.717) is 5.92 Å². The van der Waals surface area contributed by atoms with Crippen molar-refractivity contribution in [2.75, 3.05) is 7.11 Å². The first kappa shape index (κ1) is 14.4. The van der Waals surface area contributed by atoms with E-state index in [2.05, 4.69) is 55.3 Å². The predicted molar refractivity (Wildman–Crippen MR) is 89.6 cm³/mol. The molecule has 0 aliphatic heterocycles. The molecule has 3 aromatic rings. The minimum Gasteiger partial charge on any atom is -0.497 e. The molecular formula is C19H20N2O. The Balaban J connectivity index is 1.97. The fourth-order valence-electron chi connectivity index (χ4n) is 2.49. The Morgan fingerprint density at radius 3 is 2.18 bits per heavy atom. The van der Waals surface area contributed by atoms with Gasteiger partial charge >= 0.3 is 0 Å². The lowest BCUT2D eigenvalue weighted by Gasteiger charge is -2.10. The van der Waals surface area contributed by atoms with Gasteiger partial charge in [0.15, 0.2) is 0 Å². The maximum atomic E-state index is 5.21. The second-order valence-corrected chi connectivity index (χ2v) is 5.60. The molecule has 3 rings (SSSR count). The molecule has 1 aromatic heterocycles. The van der Waals surface area contributed by atoms with Crippen molar-refractivity contribution < 1.29 is 4.74 Å². The van der Waals surface area contributed by atoms with E-state index in [4.69, 9.17) is 4.74 Å². The number of hydrogen-bond acceptors (Lipinski definition) is 2. The van der Waals surface area contributed by atoms with Gasteiger partial charge in [0.25, 0.3) is 0 Å². The van der Waals surface area contributed by atoms with Crippen molar-refractivity contribution in [2.45, 2.75) is 19.8 Å². The first-order valence-electron chi connectivity index (χ1n) is 7.48. The van der Waals surface area contributed by atoms with Gasteiger partial charge in [0.05, 0.1) is 24.7 Å². The Hall–Kier alpha value is -2.55. The molecule has 0 fully saturated rings. The third kappa shape index (κ3) is 2.75. The van der Waals surface area contributed by atoms with E-state index in [-0.39, 0.29) is 0 Å². The molecular weight excluding hydrogens is 272 g/mol. The van der Waals surface area contributed by atoms with Crippen LogP contribution in [0, 0.1) is 0 Å². The van der Waals surface area contributed by atoms with Gasteiger partial charge in [-0.3, -0.25) is 0 Å². The molecule has 112 valence electrons. The molecule has 0 unspecified atom stereocenters. The highest BCUT2D eigenvalue weighted by molar-refractivity contribution is 5.62. The molecule has 3 heteroatoms. The van der Waals surface area contributed by atoms with Crippen LogP contribution in [0.15, 0.2) is 60.8 Å². The van der Waals surface area contributed by atoms with E-state index < -0.39 is 0 Å². The fourth-order valence-corrected chi connectivity index (χ4v) is 2.49. The molecule has 0 spiro atoms. The van der Waals surface area contributed by atoms with Crippen LogP contribution in [0.25, 0.3) is 16.9 Å². The van der Waals surface area contributed by atoms with Gasteiger partial charge in [-0.25, -0.2) is 4.68 Å². The summed E-state index contributed by atoms with van der Waals surface area (Å²) in [5, 5.41) is 4.47. The van der Waals surface area contributed by atoms with Gasteiger partial charge in [-0.15, -0.1) is 0 Å². The van der Waals surface area contributed by atoms with Crippen LogP contribution >= 0.6 is 0 Å². The monoisotopic (exact) mass is 292 g/mol. The number of nitrogens with zero attached hydrogens (tertiary/aromatic N) is 2. The van der Waals surface area contributed by atoms with Crippen molar-refractivity contribution in [2.24, 2.45) is 0 Å². The number of hydrogen-bond donors (Lipinski definition) is 0. The van der Waals surface area contributed by atoms with Gasteiger partial charge in [0.2, 0.25) is 0 Å². The lowest BCUT2D eigenvalue weighted by atomic mass is 10.0. The molecule has 0 amide bonds. The minimum atomic E-state index is 0.535. The van der Waals surface area contributed by atoms with Crippen LogP contribution in [0.3, 0.4) is 0 Å². The molecule has 0 bridgehead atoms. The van der Waals surface area contributed by atoms with Gasteiger partial charge in [-0.05, 0) is 53.9 Å². The van der Waals surface area contributed by atoms with Crippen LogP contribution in [0.4, 0.5) is 0 Å². The van der Waals surface area contributed by atoms with Gasteiger partial charge in [-0.1, -0.05) is 26.0 Å². The molecule has 2 aromatic carbocycles.